The summed E-state index contributed by atoms with van der Waals surface area (Å²) < 4.78 is 6.41. The van der Waals surface area contributed by atoms with Gasteiger partial charge in [0.05, 0.1) is 12.7 Å². The summed E-state index contributed by atoms with van der Waals surface area (Å²) >= 11 is 8.30. The summed E-state index contributed by atoms with van der Waals surface area (Å²) in [6.45, 7) is 2.62. The Bertz CT molecular complexity index is 1140. The minimum atomic E-state index is -0.136. The lowest BCUT2D eigenvalue weighted by molar-refractivity contribution is 0.0743. The molecule has 0 saturated carbocycles. The van der Waals surface area contributed by atoms with Crippen LogP contribution < -0.4 is 15.0 Å². The summed E-state index contributed by atoms with van der Waals surface area (Å²) in [4.78, 5) is 29.4. The highest BCUT2D eigenvalue weighted by atomic mass is 127. The van der Waals surface area contributed by atoms with Crippen molar-refractivity contribution in [2.24, 2.45) is 0 Å². The van der Waals surface area contributed by atoms with E-state index in [1.807, 2.05) is 53.4 Å². The highest BCUT2D eigenvalue weighted by Crippen LogP contribution is 2.26. The summed E-state index contributed by atoms with van der Waals surface area (Å²) in [6, 6.07) is 20.3. The fraction of sp³-hybridized carbons (Fsp3) is 0.200. The van der Waals surface area contributed by atoms with E-state index in [4.69, 9.17) is 16.3 Å². The molecule has 3 aromatic rings. The molecule has 8 heteroatoms. The van der Waals surface area contributed by atoms with Crippen molar-refractivity contribution in [3.63, 3.8) is 0 Å². The number of anilines is 2. The number of hydrogen-bond acceptors (Lipinski definition) is 4. The zero-order chi connectivity index (χ0) is 23.4. The SMILES string of the molecule is COc1ccc(Cl)cc1C(=O)N1CCN(c2ccc(NC(=O)c3ccc(I)cc3)cc2)CC1. The van der Waals surface area contributed by atoms with Crippen LogP contribution in [0.3, 0.4) is 0 Å². The summed E-state index contributed by atoms with van der Waals surface area (Å²) in [5.41, 5.74) is 2.89. The number of carbonyl (C=O) groups excluding carboxylic acids is 2. The first-order valence-electron chi connectivity index (χ1n) is 10.5. The zero-order valence-electron chi connectivity index (χ0n) is 18.1. The van der Waals surface area contributed by atoms with Crippen molar-refractivity contribution in [1.29, 1.82) is 0 Å². The number of methoxy groups -OCH3 is 1. The lowest BCUT2D eigenvalue weighted by Gasteiger charge is -2.36. The van der Waals surface area contributed by atoms with E-state index in [-0.39, 0.29) is 11.8 Å². The van der Waals surface area contributed by atoms with Gasteiger partial charge in [0.15, 0.2) is 0 Å². The molecule has 0 aliphatic carbocycles. The number of rotatable bonds is 5. The Morgan fingerprint density at radius 2 is 1.61 bits per heavy atom. The molecule has 0 atom stereocenters. The molecule has 1 fully saturated rings. The third-order valence-electron chi connectivity index (χ3n) is 5.56. The summed E-state index contributed by atoms with van der Waals surface area (Å²) in [6.07, 6.45) is 0. The molecule has 1 N–H and O–H groups in total. The molecule has 0 unspecified atom stereocenters. The van der Waals surface area contributed by atoms with E-state index >= 15 is 0 Å². The normalized spacial score (nSPS) is 13.5. The molecular formula is C25H23ClIN3O3. The number of carbonyl (C=O) groups is 2. The second-order valence-electron chi connectivity index (χ2n) is 7.63. The van der Waals surface area contributed by atoms with Gasteiger partial charge in [0.25, 0.3) is 11.8 Å². The topological polar surface area (TPSA) is 61.9 Å². The van der Waals surface area contributed by atoms with Gasteiger partial charge in [-0.15, -0.1) is 0 Å². The summed E-state index contributed by atoms with van der Waals surface area (Å²) in [5, 5.41) is 3.43. The van der Waals surface area contributed by atoms with Gasteiger partial charge in [-0.3, -0.25) is 9.59 Å². The summed E-state index contributed by atoms with van der Waals surface area (Å²) in [5.74, 6) is 0.306. The van der Waals surface area contributed by atoms with E-state index < -0.39 is 0 Å². The number of amides is 2. The fourth-order valence-electron chi connectivity index (χ4n) is 3.75. The van der Waals surface area contributed by atoms with Crippen molar-refractivity contribution in [1.82, 2.24) is 4.90 Å². The Kier molecular flexibility index (Phi) is 7.39. The molecule has 0 radical (unpaired) electrons. The Morgan fingerprint density at radius 1 is 0.939 bits per heavy atom. The molecular weight excluding hydrogens is 553 g/mol. The van der Waals surface area contributed by atoms with E-state index in [1.54, 1.807) is 25.3 Å². The fourth-order valence-corrected chi connectivity index (χ4v) is 4.28. The highest BCUT2D eigenvalue weighted by Gasteiger charge is 2.24. The maximum absolute atomic E-state index is 13.0. The molecule has 0 spiro atoms. The predicted molar refractivity (Wildman–Crippen MR) is 140 cm³/mol. The van der Waals surface area contributed by atoms with E-state index in [0.717, 1.165) is 14.9 Å². The largest absolute Gasteiger partial charge is 0.496 e. The first-order chi connectivity index (χ1) is 15.9. The molecule has 33 heavy (non-hydrogen) atoms. The van der Waals surface area contributed by atoms with Crippen LogP contribution in [0.4, 0.5) is 11.4 Å². The monoisotopic (exact) mass is 575 g/mol. The quantitative estimate of drug-likeness (QED) is 0.427. The Hall–Kier alpha value is -2.78. The number of benzene rings is 3. The van der Waals surface area contributed by atoms with Gasteiger partial charge in [0, 0.05) is 51.7 Å². The van der Waals surface area contributed by atoms with Crippen LogP contribution in [0.15, 0.2) is 66.7 Å². The molecule has 3 aromatic carbocycles. The van der Waals surface area contributed by atoms with Gasteiger partial charge in [-0.1, -0.05) is 11.6 Å². The second-order valence-corrected chi connectivity index (χ2v) is 9.31. The van der Waals surface area contributed by atoms with Gasteiger partial charge in [0.1, 0.15) is 5.75 Å². The molecule has 170 valence electrons. The van der Waals surface area contributed by atoms with E-state index in [9.17, 15) is 9.59 Å². The van der Waals surface area contributed by atoms with Gasteiger partial charge in [-0.05, 0) is 89.3 Å². The van der Waals surface area contributed by atoms with Crippen molar-refractivity contribution in [3.05, 3.63) is 86.4 Å². The smallest absolute Gasteiger partial charge is 0.257 e. The van der Waals surface area contributed by atoms with Crippen molar-refractivity contribution in [2.75, 3.05) is 43.5 Å². The Balaban J connectivity index is 1.35. The van der Waals surface area contributed by atoms with Crippen molar-refractivity contribution in [3.8, 4) is 5.75 Å². The summed E-state index contributed by atoms with van der Waals surface area (Å²) in [7, 11) is 1.55. The average Bonchev–Trinajstić information content (AvgIpc) is 2.84. The average molecular weight is 576 g/mol. The van der Waals surface area contributed by atoms with E-state index in [0.29, 0.717) is 48.1 Å². The number of nitrogens with zero attached hydrogens (tertiary/aromatic N) is 2. The second kappa shape index (κ2) is 10.4. The Morgan fingerprint density at radius 3 is 2.24 bits per heavy atom. The number of piperazine rings is 1. The van der Waals surface area contributed by atoms with Crippen LogP contribution in [0.25, 0.3) is 0 Å². The highest BCUT2D eigenvalue weighted by molar-refractivity contribution is 14.1. The van der Waals surface area contributed by atoms with Crippen LogP contribution in [0.2, 0.25) is 5.02 Å². The van der Waals surface area contributed by atoms with Crippen LogP contribution in [0, 0.1) is 3.57 Å². The third kappa shape index (κ3) is 5.59. The lowest BCUT2D eigenvalue weighted by atomic mass is 10.1. The molecule has 1 heterocycles. The van der Waals surface area contributed by atoms with Crippen LogP contribution in [-0.2, 0) is 0 Å². The number of halogens is 2. The molecule has 4 rings (SSSR count). The van der Waals surface area contributed by atoms with E-state index in [2.05, 4.69) is 32.8 Å². The molecule has 0 aromatic heterocycles. The minimum Gasteiger partial charge on any atom is -0.496 e. The van der Waals surface area contributed by atoms with Gasteiger partial charge >= 0.3 is 0 Å². The molecule has 1 aliphatic heterocycles. The van der Waals surface area contributed by atoms with Crippen LogP contribution >= 0.6 is 34.2 Å². The molecule has 0 bridgehead atoms. The molecule has 1 aliphatic rings. The lowest BCUT2D eigenvalue weighted by Crippen LogP contribution is -2.48. The van der Waals surface area contributed by atoms with Crippen molar-refractivity contribution < 1.29 is 14.3 Å². The zero-order valence-corrected chi connectivity index (χ0v) is 21.0. The van der Waals surface area contributed by atoms with Crippen molar-refractivity contribution in [2.45, 2.75) is 0 Å². The minimum absolute atomic E-state index is 0.0809. The van der Waals surface area contributed by atoms with Gasteiger partial charge < -0.3 is 19.9 Å². The maximum Gasteiger partial charge on any atom is 0.257 e. The van der Waals surface area contributed by atoms with Gasteiger partial charge in [-0.25, -0.2) is 0 Å². The maximum atomic E-state index is 13.0. The van der Waals surface area contributed by atoms with Gasteiger partial charge in [0.2, 0.25) is 0 Å². The third-order valence-corrected chi connectivity index (χ3v) is 6.51. The Labute approximate surface area is 211 Å². The number of ether oxygens (including phenoxy) is 1. The van der Waals surface area contributed by atoms with Crippen LogP contribution in [-0.4, -0.2) is 50.0 Å². The first-order valence-corrected chi connectivity index (χ1v) is 11.9. The van der Waals surface area contributed by atoms with Crippen LogP contribution in [0.1, 0.15) is 20.7 Å². The van der Waals surface area contributed by atoms with Crippen LogP contribution in [0.5, 0.6) is 5.75 Å². The van der Waals surface area contributed by atoms with Crippen molar-refractivity contribution >= 4 is 57.4 Å². The molecule has 6 nitrogen and oxygen atoms in total. The number of nitrogens with one attached hydrogen (secondary N) is 1. The number of hydrogen-bond donors (Lipinski definition) is 1. The predicted octanol–water partition coefficient (Wildman–Crippen LogP) is 5.17. The molecule has 1 saturated heterocycles. The first kappa shape index (κ1) is 23.4. The van der Waals surface area contributed by atoms with E-state index in [1.165, 1.54) is 0 Å². The van der Waals surface area contributed by atoms with Gasteiger partial charge in [-0.2, -0.15) is 0 Å². The molecule has 2 amide bonds. The standard InChI is InChI=1S/C25H23ClIN3O3/c1-33-23-11-4-18(26)16-22(23)25(32)30-14-12-29(13-15-30)21-9-7-20(8-10-21)28-24(31)17-2-5-19(27)6-3-17/h2-11,16H,12-15H2,1H3,(H,28,31).